The number of hydrogen-bond acceptors (Lipinski definition) is 3. The zero-order chi connectivity index (χ0) is 12.8. The van der Waals surface area contributed by atoms with Crippen LogP contribution < -0.4 is 5.32 Å². The summed E-state index contributed by atoms with van der Waals surface area (Å²) < 4.78 is 0. The van der Waals surface area contributed by atoms with Crippen molar-refractivity contribution in [3.63, 3.8) is 0 Å². The molecule has 1 amide bonds. The second-order valence-electron chi connectivity index (χ2n) is 4.07. The van der Waals surface area contributed by atoms with Crippen LogP contribution in [0.2, 0.25) is 0 Å². The minimum Gasteiger partial charge on any atom is -0.326 e. The second-order valence-corrected chi connectivity index (χ2v) is 4.96. The molecule has 1 aromatic heterocycles. The highest BCUT2D eigenvalue weighted by molar-refractivity contribution is 7.13. The van der Waals surface area contributed by atoms with E-state index in [2.05, 4.69) is 17.2 Å². The molecule has 0 radical (unpaired) electrons. The van der Waals surface area contributed by atoms with Gasteiger partial charge in [-0.15, -0.1) is 11.3 Å². The van der Waals surface area contributed by atoms with Crippen LogP contribution in [0.15, 0.2) is 35.8 Å². The summed E-state index contributed by atoms with van der Waals surface area (Å²) in [6, 6.07) is 7.80. The second kappa shape index (κ2) is 6.31. The minimum atomic E-state index is 0.0823. The third kappa shape index (κ3) is 3.40. The van der Waals surface area contributed by atoms with Crippen LogP contribution in [0.5, 0.6) is 0 Å². The van der Waals surface area contributed by atoms with E-state index >= 15 is 0 Å². The summed E-state index contributed by atoms with van der Waals surface area (Å²) in [5, 5.41) is 5.85. The Morgan fingerprint density at radius 2 is 2.11 bits per heavy atom. The predicted molar refractivity (Wildman–Crippen MR) is 75.7 cm³/mol. The number of aromatic nitrogens is 1. The Labute approximate surface area is 111 Å². The van der Waals surface area contributed by atoms with Crippen molar-refractivity contribution >= 4 is 22.9 Å². The third-order valence-electron chi connectivity index (χ3n) is 2.61. The number of hydrogen-bond donors (Lipinski definition) is 1. The number of thiazole rings is 1. The van der Waals surface area contributed by atoms with Crippen molar-refractivity contribution in [2.45, 2.75) is 26.2 Å². The molecule has 0 fully saturated rings. The Hall–Kier alpha value is -1.68. The van der Waals surface area contributed by atoms with E-state index in [-0.39, 0.29) is 5.91 Å². The first-order chi connectivity index (χ1) is 8.79. The maximum atomic E-state index is 11.6. The smallest absolute Gasteiger partial charge is 0.224 e. The Morgan fingerprint density at radius 1 is 1.33 bits per heavy atom. The molecule has 3 nitrogen and oxygen atoms in total. The molecule has 2 rings (SSSR count). The Kier molecular flexibility index (Phi) is 4.47. The topological polar surface area (TPSA) is 42.0 Å². The van der Waals surface area contributed by atoms with Crippen molar-refractivity contribution in [3.05, 3.63) is 35.8 Å². The molecule has 0 aliphatic rings. The van der Waals surface area contributed by atoms with Crippen molar-refractivity contribution in [3.8, 4) is 10.6 Å². The minimum absolute atomic E-state index is 0.0823. The van der Waals surface area contributed by atoms with Crippen molar-refractivity contribution in [1.82, 2.24) is 4.98 Å². The summed E-state index contributed by atoms with van der Waals surface area (Å²) in [6.07, 6.45) is 4.35. The van der Waals surface area contributed by atoms with Gasteiger partial charge in [0.05, 0.1) is 0 Å². The van der Waals surface area contributed by atoms with Crippen LogP contribution in [0, 0.1) is 0 Å². The normalized spacial score (nSPS) is 10.3. The molecule has 2 aromatic rings. The van der Waals surface area contributed by atoms with E-state index in [0.717, 1.165) is 29.1 Å². The molecular formula is C14H16N2OS. The number of carbonyl (C=O) groups excluding carboxylic acids is 1. The van der Waals surface area contributed by atoms with E-state index in [4.69, 9.17) is 0 Å². The van der Waals surface area contributed by atoms with Crippen LogP contribution in [0.3, 0.4) is 0 Å². The van der Waals surface area contributed by atoms with E-state index in [1.165, 1.54) is 0 Å². The van der Waals surface area contributed by atoms with Gasteiger partial charge in [0.15, 0.2) is 0 Å². The van der Waals surface area contributed by atoms with Gasteiger partial charge in [-0.2, -0.15) is 0 Å². The first-order valence-corrected chi connectivity index (χ1v) is 6.97. The molecule has 1 aromatic carbocycles. The molecule has 0 saturated heterocycles. The van der Waals surface area contributed by atoms with Gasteiger partial charge in [0.25, 0.3) is 0 Å². The van der Waals surface area contributed by atoms with Gasteiger partial charge in [-0.1, -0.05) is 13.3 Å². The van der Waals surface area contributed by atoms with Gasteiger partial charge in [0.1, 0.15) is 5.01 Å². The van der Waals surface area contributed by atoms with Gasteiger partial charge >= 0.3 is 0 Å². The third-order valence-corrected chi connectivity index (χ3v) is 3.43. The molecule has 0 aliphatic heterocycles. The average Bonchev–Trinajstić information content (AvgIpc) is 2.91. The molecule has 94 valence electrons. The highest BCUT2D eigenvalue weighted by atomic mass is 32.1. The number of nitrogens with one attached hydrogen (secondary N) is 1. The Morgan fingerprint density at radius 3 is 2.72 bits per heavy atom. The first-order valence-electron chi connectivity index (χ1n) is 6.09. The van der Waals surface area contributed by atoms with E-state index in [9.17, 15) is 4.79 Å². The van der Waals surface area contributed by atoms with Crippen LogP contribution in [0.1, 0.15) is 26.2 Å². The molecule has 0 spiro atoms. The SMILES string of the molecule is CCCCC(=O)Nc1ccc(-c2nccs2)cc1. The fourth-order valence-corrected chi connectivity index (χ4v) is 2.27. The molecule has 0 atom stereocenters. The van der Waals surface area contributed by atoms with Crippen LogP contribution >= 0.6 is 11.3 Å². The van der Waals surface area contributed by atoms with Gasteiger partial charge in [0.2, 0.25) is 5.91 Å². The lowest BCUT2D eigenvalue weighted by Crippen LogP contribution is -2.10. The number of rotatable bonds is 5. The lowest BCUT2D eigenvalue weighted by atomic mass is 10.2. The maximum absolute atomic E-state index is 11.6. The summed E-state index contributed by atoms with van der Waals surface area (Å²) in [5.74, 6) is 0.0823. The number of anilines is 1. The Bertz CT molecular complexity index is 491. The number of unbranched alkanes of at least 4 members (excludes halogenated alkanes) is 1. The van der Waals surface area contributed by atoms with Gasteiger partial charge < -0.3 is 5.32 Å². The number of carbonyl (C=O) groups is 1. The van der Waals surface area contributed by atoms with Crippen LogP contribution in [-0.2, 0) is 4.79 Å². The lowest BCUT2D eigenvalue weighted by molar-refractivity contribution is -0.116. The fraction of sp³-hybridized carbons (Fsp3) is 0.286. The first kappa shape index (κ1) is 12.8. The van der Waals surface area contributed by atoms with Crippen LogP contribution in [0.25, 0.3) is 10.6 Å². The summed E-state index contributed by atoms with van der Waals surface area (Å²) in [6.45, 7) is 2.08. The van der Waals surface area contributed by atoms with E-state index in [1.54, 1.807) is 17.5 Å². The maximum Gasteiger partial charge on any atom is 0.224 e. The zero-order valence-electron chi connectivity index (χ0n) is 10.3. The summed E-state index contributed by atoms with van der Waals surface area (Å²) >= 11 is 1.61. The molecule has 0 unspecified atom stereocenters. The summed E-state index contributed by atoms with van der Waals surface area (Å²) in [5.41, 5.74) is 1.92. The van der Waals surface area contributed by atoms with Gasteiger partial charge in [-0.05, 0) is 30.7 Å². The van der Waals surface area contributed by atoms with Crippen LogP contribution in [0.4, 0.5) is 5.69 Å². The lowest BCUT2D eigenvalue weighted by Gasteiger charge is -2.05. The summed E-state index contributed by atoms with van der Waals surface area (Å²) in [4.78, 5) is 15.8. The number of nitrogens with zero attached hydrogens (tertiary/aromatic N) is 1. The summed E-state index contributed by atoms with van der Waals surface area (Å²) in [7, 11) is 0. The molecule has 0 saturated carbocycles. The number of benzene rings is 1. The standard InChI is InChI=1S/C14H16N2OS/c1-2-3-4-13(17)16-12-7-5-11(6-8-12)14-15-9-10-18-14/h5-10H,2-4H2,1H3,(H,16,17). The van der Waals surface area contributed by atoms with Gasteiger partial charge in [-0.3, -0.25) is 4.79 Å². The van der Waals surface area contributed by atoms with Crippen molar-refractivity contribution in [1.29, 1.82) is 0 Å². The molecule has 18 heavy (non-hydrogen) atoms. The molecule has 0 aliphatic carbocycles. The predicted octanol–water partition coefficient (Wildman–Crippen LogP) is 3.94. The Balaban J connectivity index is 1.98. The number of amides is 1. The van der Waals surface area contributed by atoms with E-state index < -0.39 is 0 Å². The van der Waals surface area contributed by atoms with Gasteiger partial charge in [0, 0.05) is 29.2 Å². The van der Waals surface area contributed by atoms with E-state index in [0.29, 0.717) is 6.42 Å². The largest absolute Gasteiger partial charge is 0.326 e. The molecule has 1 N–H and O–H groups in total. The van der Waals surface area contributed by atoms with Crippen molar-refractivity contribution in [2.24, 2.45) is 0 Å². The average molecular weight is 260 g/mol. The highest BCUT2D eigenvalue weighted by Crippen LogP contribution is 2.23. The quantitative estimate of drug-likeness (QED) is 0.884. The highest BCUT2D eigenvalue weighted by Gasteiger charge is 2.03. The van der Waals surface area contributed by atoms with Crippen molar-refractivity contribution < 1.29 is 4.79 Å². The van der Waals surface area contributed by atoms with Crippen molar-refractivity contribution in [2.75, 3.05) is 5.32 Å². The molecular weight excluding hydrogens is 244 g/mol. The fourth-order valence-electron chi connectivity index (χ4n) is 1.62. The molecule has 0 bridgehead atoms. The van der Waals surface area contributed by atoms with Crippen LogP contribution in [-0.4, -0.2) is 10.9 Å². The van der Waals surface area contributed by atoms with Gasteiger partial charge in [-0.25, -0.2) is 4.98 Å². The van der Waals surface area contributed by atoms with E-state index in [1.807, 2.05) is 29.6 Å². The monoisotopic (exact) mass is 260 g/mol. The molecule has 1 heterocycles. The molecule has 4 heteroatoms. The zero-order valence-corrected chi connectivity index (χ0v) is 11.2.